The van der Waals surface area contributed by atoms with E-state index in [4.69, 9.17) is 4.74 Å². The number of carbonyl (C=O) groups excluding carboxylic acids is 1. The van der Waals surface area contributed by atoms with Crippen molar-refractivity contribution in [2.24, 2.45) is 7.05 Å². The Morgan fingerprint density at radius 2 is 1.77 bits per heavy atom. The second-order valence-corrected chi connectivity index (χ2v) is 9.45. The van der Waals surface area contributed by atoms with Crippen LogP contribution in [0.25, 0.3) is 22.2 Å². The lowest BCUT2D eigenvalue weighted by molar-refractivity contribution is 0.0916. The van der Waals surface area contributed by atoms with Gasteiger partial charge in [-0.2, -0.15) is 5.10 Å². The van der Waals surface area contributed by atoms with Crippen LogP contribution in [0.15, 0.2) is 54.7 Å². The standard InChI is InChI=1S/C28H31N5O2/c1-18-15-20(5-7-24(18)28(34)30-21-10-13-32(3)14-11-21)26-16-23(9-12-29-26)35-22-6-8-25-19(2)31-33(4)27(25)17-22/h5-9,12,15-17,21H,10-11,13-14H2,1-4H3,(H,30,34). The van der Waals surface area contributed by atoms with Crippen LogP contribution in [0.1, 0.15) is 34.5 Å². The molecule has 180 valence electrons. The smallest absolute Gasteiger partial charge is 0.251 e. The molecule has 2 aromatic heterocycles. The summed E-state index contributed by atoms with van der Waals surface area (Å²) in [6.07, 6.45) is 3.72. The van der Waals surface area contributed by atoms with E-state index in [1.165, 1.54) is 0 Å². The van der Waals surface area contributed by atoms with Crippen LogP contribution in [-0.2, 0) is 7.05 Å². The number of hydrogen-bond acceptors (Lipinski definition) is 5. The number of rotatable bonds is 5. The summed E-state index contributed by atoms with van der Waals surface area (Å²) < 4.78 is 8.01. The van der Waals surface area contributed by atoms with Crippen molar-refractivity contribution in [3.8, 4) is 22.8 Å². The van der Waals surface area contributed by atoms with Gasteiger partial charge in [-0.05, 0) is 82.7 Å². The largest absolute Gasteiger partial charge is 0.457 e. The Bertz CT molecular complexity index is 1390. The third-order valence-electron chi connectivity index (χ3n) is 6.80. The van der Waals surface area contributed by atoms with Gasteiger partial charge in [-0.15, -0.1) is 0 Å². The number of carbonyl (C=O) groups is 1. The van der Waals surface area contributed by atoms with Crippen molar-refractivity contribution < 1.29 is 9.53 Å². The molecule has 0 spiro atoms. The SMILES string of the molecule is Cc1cc(-c2cc(Oc3ccc4c(C)nn(C)c4c3)ccn2)ccc1C(=O)NC1CCN(C)CC1. The van der Waals surface area contributed by atoms with Crippen LogP contribution in [-0.4, -0.2) is 51.8 Å². The summed E-state index contributed by atoms with van der Waals surface area (Å²) in [6, 6.07) is 15.9. The molecule has 2 aromatic carbocycles. The zero-order valence-corrected chi connectivity index (χ0v) is 20.7. The summed E-state index contributed by atoms with van der Waals surface area (Å²) in [5.74, 6) is 1.44. The van der Waals surface area contributed by atoms with E-state index in [1.54, 1.807) is 6.20 Å². The Hall–Kier alpha value is -3.71. The molecule has 1 N–H and O–H groups in total. The molecule has 0 aliphatic carbocycles. The lowest BCUT2D eigenvalue weighted by Gasteiger charge is -2.29. The Morgan fingerprint density at radius 1 is 1.00 bits per heavy atom. The van der Waals surface area contributed by atoms with Crippen molar-refractivity contribution in [3.05, 3.63) is 71.5 Å². The number of amides is 1. The molecule has 0 bridgehead atoms. The molecule has 7 nitrogen and oxygen atoms in total. The van der Waals surface area contributed by atoms with Gasteiger partial charge < -0.3 is 15.0 Å². The van der Waals surface area contributed by atoms with Crippen molar-refractivity contribution in [2.75, 3.05) is 20.1 Å². The molecule has 0 atom stereocenters. The van der Waals surface area contributed by atoms with Crippen LogP contribution in [0, 0.1) is 13.8 Å². The topological polar surface area (TPSA) is 72.3 Å². The molecule has 0 unspecified atom stereocenters. The van der Waals surface area contributed by atoms with Crippen molar-refractivity contribution in [2.45, 2.75) is 32.7 Å². The molecule has 1 saturated heterocycles. The average molecular weight is 470 g/mol. The van der Waals surface area contributed by atoms with Gasteiger partial charge in [0.1, 0.15) is 11.5 Å². The number of hydrogen-bond donors (Lipinski definition) is 1. The maximum atomic E-state index is 12.9. The maximum absolute atomic E-state index is 12.9. The number of likely N-dealkylation sites (tertiary alicyclic amines) is 1. The quantitative estimate of drug-likeness (QED) is 0.452. The molecule has 4 aromatic rings. The first kappa shape index (κ1) is 23.1. The number of aromatic nitrogens is 3. The number of aryl methyl sites for hydroxylation is 3. The highest BCUT2D eigenvalue weighted by Gasteiger charge is 2.20. The average Bonchev–Trinajstić information content (AvgIpc) is 3.13. The highest BCUT2D eigenvalue weighted by atomic mass is 16.5. The lowest BCUT2D eigenvalue weighted by Crippen LogP contribution is -2.43. The fourth-order valence-corrected chi connectivity index (χ4v) is 4.74. The van der Waals surface area contributed by atoms with Gasteiger partial charge in [-0.1, -0.05) is 6.07 Å². The number of ether oxygens (including phenoxy) is 1. The van der Waals surface area contributed by atoms with Crippen molar-refractivity contribution >= 4 is 16.8 Å². The number of benzene rings is 2. The molecule has 0 saturated carbocycles. The molecule has 35 heavy (non-hydrogen) atoms. The molecule has 1 aliphatic heterocycles. The second kappa shape index (κ2) is 9.50. The molecule has 1 amide bonds. The first-order valence-electron chi connectivity index (χ1n) is 12.0. The van der Waals surface area contributed by atoms with Crippen molar-refractivity contribution in [3.63, 3.8) is 0 Å². The number of pyridine rings is 1. The summed E-state index contributed by atoms with van der Waals surface area (Å²) in [4.78, 5) is 19.7. The normalized spacial score (nSPS) is 14.9. The van der Waals surface area contributed by atoms with E-state index < -0.39 is 0 Å². The number of fused-ring (bicyclic) bond motifs is 1. The van der Waals surface area contributed by atoms with Gasteiger partial charge in [0.05, 0.1) is 16.9 Å². The monoisotopic (exact) mass is 469 g/mol. The number of piperidine rings is 1. The Kier molecular flexibility index (Phi) is 6.26. The third-order valence-corrected chi connectivity index (χ3v) is 6.80. The van der Waals surface area contributed by atoms with E-state index in [9.17, 15) is 4.79 Å². The molecular formula is C28H31N5O2. The first-order chi connectivity index (χ1) is 16.9. The maximum Gasteiger partial charge on any atom is 0.251 e. The van der Waals surface area contributed by atoms with Gasteiger partial charge in [0, 0.05) is 47.9 Å². The van der Waals surface area contributed by atoms with Gasteiger partial charge in [0.25, 0.3) is 5.91 Å². The van der Waals surface area contributed by atoms with Crippen LogP contribution in [0.4, 0.5) is 0 Å². The van der Waals surface area contributed by atoms with Crippen LogP contribution in [0.2, 0.25) is 0 Å². The fraction of sp³-hybridized carbons (Fsp3) is 0.321. The molecule has 7 heteroatoms. The minimum Gasteiger partial charge on any atom is -0.457 e. The van der Waals surface area contributed by atoms with Crippen molar-refractivity contribution in [1.82, 2.24) is 25.0 Å². The minimum atomic E-state index is -0.00515. The van der Waals surface area contributed by atoms with Gasteiger partial charge >= 0.3 is 0 Å². The van der Waals surface area contributed by atoms with E-state index in [-0.39, 0.29) is 11.9 Å². The molecule has 1 aliphatic rings. The summed E-state index contributed by atoms with van der Waals surface area (Å²) in [6.45, 7) is 6.01. The summed E-state index contributed by atoms with van der Waals surface area (Å²) in [7, 11) is 4.05. The van der Waals surface area contributed by atoms with Crippen LogP contribution < -0.4 is 10.1 Å². The van der Waals surface area contributed by atoms with Gasteiger partial charge in [-0.3, -0.25) is 14.5 Å². The molecule has 3 heterocycles. The lowest BCUT2D eigenvalue weighted by atomic mass is 10.0. The summed E-state index contributed by atoms with van der Waals surface area (Å²) in [5, 5.41) is 8.80. The zero-order valence-electron chi connectivity index (χ0n) is 20.7. The Morgan fingerprint density at radius 3 is 2.54 bits per heavy atom. The van der Waals surface area contributed by atoms with Crippen LogP contribution in [0.5, 0.6) is 11.5 Å². The molecular weight excluding hydrogens is 438 g/mol. The van der Waals surface area contributed by atoms with E-state index >= 15 is 0 Å². The summed E-state index contributed by atoms with van der Waals surface area (Å²) in [5.41, 5.74) is 5.41. The van der Waals surface area contributed by atoms with Gasteiger partial charge in [0.2, 0.25) is 0 Å². The predicted molar refractivity (Wildman–Crippen MR) is 138 cm³/mol. The second-order valence-electron chi connectivity index (χ2n) is 9.45. The van der Waals surface area contributed by atoms with Crippen molar-refractivity contribution in [1.29, 1.82) is 0 Å². The van der Waals surface area contributed by atoms with E-state index in [1.807, 2.05) is 74.1 Å². The first-order valence-corrected chi connectivity index (χ1v) is 12.0. The Balaban J connectivity index is 1.32. The van der Waals surface area contributed by atoms with E-state index in [2.05, 4.69) is 27.3 Å². The minimum absolute atomic E-state index is 0.00515. The molecule has 5 rings (SSSR count). The van der Waals surface area contributed by atoms with E-state index in [0.29, 0.717) is 11.3 Å². The van der Waals surface area contributed by atoms with Crippen LogP contribution >= 0.6 is 0 Å². The highest BCUT2D eigenvalue weighted by molar-refractivity contribution is 5.96. The highest BCUT2D eigenvalue weighted by Crippen LogP contribution is 2.29. The summed E-state index contributed by atoms with van der Waals surface area (Å²) >= 11 is 0. The fourth-order valence-electron chi connectivity index (χ4n) is 4.74. The van der Waals surface area contributed by atoms with E-state index in [0.717, 1.165) is 65.1 Å². The Labute approximate surface area is 205 Å². The van der Waals surface area contributed by atoms with Crippen LogP contribution in [0.3, 0.4) is 0 Å². The molecule has 0 radical (unpaired) electrons. The number of nitrogens with zero attached hydrogens (tertiary/aromatic N) is 4. The third kappa shape index (κ3) is 4.91. The molecule has 1 fully saturated rings. The van der Waals surface area contributed by atoms with Gasteiger partial charge in [-0.25, -0.2) is 0 Å². The van der Waals surface area contributed by atoms with Gasteiger partial charge in [0.15, 0.2) is 0 Å². The zero-order chi connectivity index (χ0) is 24.5. The number of nitrogens with one attached hydrogen (secondary N) is 1. The predicted octanol–water partition coefficient (Wildman–Crippen LogP) is 4.87.